The highest BCUT2D eigenvalue weighted by atomic mass is 16.5. The SMILES string of the molecule is Nc1cc(CN2CCC(C(=O)N3CCC(c4noc5cccnc45)CC3)CC2)ccn1. The summed E-state index contributed by atoms with van der Waals surface area (Å²) in [6, 6.07) is 7.68. The Hall–Kier alpha value is -3.00. The van der Waals surface area contributed by atoms with E-state index in [9.17, 15) is 4.79 Å². The van der Waals surface area contributed by atoms with Crippen LogP contribution in [0.1, 0.15) is 42.9 Å². The first-order valence-electron chi connectivity index (χ1n) is 11.1. The van der Waals surface area contributed by atoms with Crippen molar-refractivity contribution in [3.8, 4) is 0 Å². The van der Waals surface area contributed by atoms with Crippen molar-refractivity contribution in [2.24, 2.45) is 5.92 Å². The van der Waals surface area contributed by atoms with E-state index in [1.54, 1.807) is 12.4 Å². The molecule has 0 bridgehead atoms. The zero-order chi connectivity index (χ0) is 21.2. The molecular formula is C23H28N6O2. The van der Waals surface area contributed by atoms with Crippen LogP contribution >= 0.6 is 0 Å². The van der Waals surface area contributed by atoms with E-state index >= 15 is 0 Å². The van der Waals surface area contributed by atoms with E-state index in [1.807, 2.05) is 24.3 Å². The Labute approximate surface area is 181 Å². The van der Waals surface area contributed by atoms with E-state index in [4.69, 9.17) is 10.3 Å². The summed E-state index contributed by atoms with van der Waals surface area (Å²) >= 11 is 0. The van der Waals surface area contributed by atoms with E-state index in [2.05, 4.69) is 24.9 Å². The van der Waals surface area contributed by atoms with Crippen LogP contribution in [0, 0.1) is 5.92 Å². The molecule has 0 unspecified atom stereocenters. The molecule has 0 radical (unpaired) electrons. The molecule has 2 fully saturated rings. The van der Waals surface area contributed by atoms with Crippen molar-refractivity contribution < 1.29 is 9.32 Å². The van der Waals surface area contributed by atoms with E-state index in [1.165, 1.54) is 5.56 Å². The van der Waals surface area contributed by atoms with Crippen molar-refractivity contribution in [1.82, 2.24) is 24.9 Å². The van der Waals surface area contributed by atoms with Gasteiger partial charge < -0.3 is 15.2 Å². The molecule has 0 aromatic carbocycles. The maximum absolute atomic E-state index is 13.1. The van der Waals surface area contributed by atoms with Gasteiger partial charge in [-0.1, -0.05) is 5.16 Å². The molecule has 31 heavy (non-hydrogen) atoms. The summed E-state index contributed by atoms with van der Waals surface area (Å²) in [7, 11) is 0. The molecule has 0 aliphatic carbocycles. The molecule has 5 rings (SSSR count). The van der Waals surface area contributed by atoms with Gasteiger partial charge in [-0.05, 0) is 68.6 Å². The highest BCUT2D eigenvalue weighted by Gasteiger charge is 2.32. The fourth-order valence-corrected chi connectivity index (χ4v) is 4.89. The average molecular weight is 421 g/mol. The number of carbonyl (C=O) groups excluding carboxylic acids is 1. The van der Waals surface area contributed by atoms with E-state index in [-0.39, 0.29) is 5.92 Å². The molecule has 0 saturated carbocycles. The van der Waals surface area contributed by atoms with E-state index < -0.39 is 0 Å². The minimum Gasteiger partial charge on any atom is -0.384 e. The third kappa shape index (κ3) is 4.25. The standard InChI is InChI=1S/C23H28N6O2/c24-20-14-16(3-9-25-20)15-28-10-4-18(5-11-28)23(30)29-12-6-17(7-13-29)21-22-19(31-27-21)2-1-8-26-22/h1-3,8-9,14,17-18H,4-7,10-13,15H2,(H2,24,25). The van der Waals surface area contributed by atoms with Gasteiger partial charge in [-0.3, -0.25) is 14.7 Å². The van der Waals surface area contributed by atoms with Crippen LogP contribution in [0.2, 0.25) is 0 Å². The van der Waals surface area contributed by atoms with Crippen molar-refractivity contribution in [2.45, 2.75) is 38.1 Å². The number of amides is 1. The van der Waals surface area contributed by atoms with Crippen LogP contribution in [0.4, 0.5) is 5.82 Å². The number of hydrogen-bond acceptors (Lipinski definition) is 7. The van der Waals surface area contributed by atoms with Gasteiger partial charge in [0.2, 0.25) is 5.91 Å². The number of pyridine rings is 2. The number of hydrogen-bond donors (Lipinski definition) is 1. The molecule has 3 aromatic heterocycles. The van der Waals surface area contributed by atoms with Crippen molar-refractivity contribution in [3.63, 3.8) is 0 Å². The summed E-state index contributed by atoms with van der Waals surface area (Å²) in [6.45, 7) is 4.29. The summed E-state index contributed by atoms with van der Waals surface area (Å²) in [5.41, 5.74) is 9.49. The maximum atomic E-state index is 13.1. The van der Waals surface area contributed by atoms with Crippen LogP contribution in [0.25, 0.3) is 11.1 Å². The van der Waals surface area contributed by atoms with Gasteiger partial charge in [-0.15, -0.1) is 0 Å². The molecule has 2 N–H and O–H groups in total. The number of aromatic nitrogens is 3. The molecule has 0 spiro atoms. The minimum absolute atomic E-state index is 0.129. The normalized spacial score (nSPS) is 19.2. The Bertz CT molecular complexity index is 1050. The van der Waals surface area contributed by atoms with Crippen molar-refractivity contribution in [3.05, 3.63) is 47.9 Å². The second-order valence-electron chi connectivity index (χ2n) is 8.66. The van der Waals surface area contributed by atoms with Gasteiger partial charge in [0.25, 0.3) is 0 Å². The van der Waals surface area contributed by atoms with Gasteiger partial charge >= 0.3 is 0 Å². The van der Waals surface area contributed by atoms with Crippen molar-refractivity contribution in [2.75, 3.05) is 31.9 Å². The van der Waals surface area contributed by atoms with Crippen LogP contribution in [-0.2, 0) is 11.3 Å². The Morgan fingerprint density at radius 1 is 1.06 bits per heavy atom. The van der Waals surface area contributed by atoms with Gasteiger partial charge in [0.05, 0.1) is 0 Å². The monoisotopic (exact) mass is 420 g/mol. The smallest absolute Gasteiger partial charge is 0.225 e. The molecule has 2 aliphatic heterocycles. The third-order valence-electron chi connectivity index (χ3n) is 6.64. The lowest BCUT2D eigenvalue weighted by Gasteiger charge is -2.37. The third-order valence-corrected chi connectivity index (χ3v) is 6.64. The Balaban J connectivity index is 1.13. The number of carbonyl (C=O) groups is 1. The summed E-state index contributed by atoms with van der Waals surface area (Å²) in [5, 5.41) is 4.27. The van der Waals surface area contributed by atoms with Crippen LogP contribution in [0.15, 0.2) is 41.2 Å². The van der Waals surface area contributed by atoms with Gasteiger partial charge in [-0.2, -0.15) is 0 Å². The lowest BCUT2D eigenvalue weighted by molar-refractivity contribution is -0.138. The predicted molar refractivity (Wildman–Crippen MR) is 117 cm³/mol. The van der Waals surface area contributed by atoms with Crippen LogP contribution in [0.5, 0.6) is 0 Å². The van der Waals surface area contributed by atoms with Crippen LogP contribution < -0.4 is 5.73 Å². The number of rotatable bonds is 4. The summed E-state index contributed by atoms with van der Waals surface area (Å²) in [4.78, 5) is 26.0. The lowest BCUT2D eigenvalue weighted by atomic mass is 9.90. The Morgan fingerprint density at radius 2 is 1.87 bits per heavy atom. The molecule has 5 heterocycles. The number of nitrogen functional groups attached to an aromatic ring is 1. The van der Waals surface area contributed by atoms with Crippen molar-refractivity contribution >= 4 is 22.8 Å². The topological polar surface area (TPSA) is 101 Å². The van der Waals surface area contributed by atoms with E-state index in [0.29, 0.717) is 17.6 Å². The first-order chi connectivity index (χ1) is 15.2. The Kier molecular flexibility index (Phi) is 5.55. The predicted octanol–water partition coefficient (Wildman–Crippen LogP) is 2.82. The highest BCUT2D eigenvalue weighted by Crippen LogP contribution is 2.32. The molecule has 8 nitrogen and oxygen atoms in total. The summed E-state index contributed by atoms with van der Waals surface area (Å²) in [5.74, 6) is 1.30. The fraction of sp³-hybridized carbons (Fsp3) is 0.478. The zero-order valence-electron chi connectivity index (χ0n) is 17.6. The number of anilines is 1. The molecule has 8 heteroatoms. The highest BCUT2D eigenvalue weighted by molar-refractivity contribution is 5.79. The van der Waals surface area contributed by atoms with Crippen molar-refractivity contribution in [1.29, 1.82) is 0 Å². The maximum Gasteiger partial charge on any atom is 0.225 e. The number of nitrogens with two attached hydrogens (primary N) is 1. The zero-order valence-corrected chi connectivity index (χ0v) is 17.6. The van der Waals surface area contributed by atoms with Crippen LogP contribution in [-0.4, -0.2) is 57.0 Å². The molecule has 2 saturated heterocycles. The second kappa shape index (κ2) is 8.63. The first-order valence-corrected chi connectivity index (χ1v) is 11.1. The molecule has 3 aromatic rings. The first kappa shape index (κ1) is 19.9. The van der Waals surface area contributed by atoms with Crippen LogP contribution in [0.3, 0.4) is 0 Å². The Morgan fingerprint density at radius 3 is 2.65 bits per heavy atom. The summed E-state index contributed by atoms with van der Waals surface area (Å²) < 4.78 is 5.42. The molecule has 2 aliphatic rings. The van der Waals surface area contributed by atoms with E-state index in [0.717, 1.165) is 75.2 Å². The van der Waals surface area contributed by atoms with Gasteiger partial charge in [0, 0.05) is 43.9 Å². The molecule has 1 amide bonds. The number of fused-ring (bicyclic) bond motifs is 1. The average Bonchev–Trinajstić information content (AvgIpc) is 3.24. The fourth-order valence-electron chi connectivity index (χ4n) is 4.89. The second-order valence-corrected chi connectivity index (χ2v) is 8.66. The molecular weight excluding hydrogens is 392 g/mol. The minimum atomic E-state index is 0.129. The van der Waals surface area contributed by atoms with Gasteiger partial charge in [0.1, 0.15) is 17.0 Å². The lowest BCUT2D eigenvalue weighted by Crippen LogP contribution is -2.45. The summed E-state index contributed by atoms with van der Waals surface area (Å²) in [6.07, 6.45) is 7.17. The molecule has 0 atom stereocenters. The number of piperidine rings is 2. The molecule has 162 valence electrons. The van der Waals surface area contributed by atoms with Gasteiger partial charge in [0.15, 0.2) is 5.58 Å². The quantitative estimate of drug-likeness (QED) is 0.692. The van der Waals surface area contributed by atoms with Gasteiger partial charge in [-0.25, -0.2) is 4.98 Å². The number of nitrogens with zero attached hydrogens (tertiary/aromatic N) is 5. The largest absolute Gasteiger partial charge is 0.384 e. The number of likely N-dealkylation sites (tertiary alicyclic amines) is 2.